The topological polar surface area (TPSA) is 49.6 Å². The van der Waals surface area contributed by atoms with E-state index in [9.17, 15) is 4.79 Å². The van der Waals surface area contributed by atoms with Crippen LogP contribution in [0.5, 0.6) is 0 Å². The molecule has 1 aromatic heterocycles. The Bertz CT molecular complexity index is 574. The fourth-order valence-corrected chi connectivity index (χ4v) is 4.39. The van der Waals surface area contributed by atoms with E-state index in [1.807, 2.05) is 18.7 Å². The van der Waals surface area contributed by atoms with Gasteiger partial charge in [0.1, 0.15) is 5.76 Å². The van der Waals surface area contributed by atoms with Crippen LogP contribution in [0.2, 0.25) is 0 Å². The third-order valence-electron chi connectivity index (χ3n) is 6.09. The highest BCUT2D eigenvalue weighted by Crippen LogP contribution is 2.41. The molecule has 0 aliphatic carbocycles. The molecule has 0 unspecified atom stereocenters. The monoisotopic (exact) mass is 333 g/mol. The Hall–Kier alpha value is -1.36. The maximum absolute atomic E-state index is 12.9. The minimum absolute atomic E-state index is 0.122. The second-order valence-electron chi connectivity index (χ2n) is 7.77. The molecule has 0 radical (unpaired) electrons. The Kier molecular flexibility index (Phi) is 5.00. The van der Waals surface area contributed by atoms with E-state index in [1.165, 1.54) is 12.8 Å². The number of amides is 1. The predicted octanol–water partition coefficient (Wildman–Crippen LogP) is 3.15. The van der Waals surface area contributed by atoms with Crippen molar-refractivity contribution in [2.45, 2.75) is 59.9 Å². The minimum Gasteiger partial charge on any atom is -0.361 e. The molecule has 0 saturated carbocycles. The van der Waals surface area contributed by atoms with Gasteiger partial charge in [0.15, 0.2) is 0 Å². The second-order valence-corrected chi connectivity index (χ2v) is 7.77. The smallest absolute Gasteiger partial charge is 0.232 e. The summed E-state index contributed by atoms with van der Waals surface area (Å²) in [4.78, 5) is 17.4. The van der Waals surface area contributed by atoms with E-state index in [-0.39, 0.29) is 5.41 Å². The van der Waals surface area contributed by atoms with Gasteiger partial charge in [-0.05, 0) is 39.2 Å². The Morgan fingerprint density at radius 1 is 1.25 bits per heavy atom. The molecule has 0 aromatic carbocycles. The zero-order valence-electron chi connectivity index (χ0n) is 15.6. The SMILES string of the molecule is CCC(CC)CN1CCC[C@]2(C1)CN(Cc1c(C)noc1C)C2=O. The van der Waals surface area contributed by atoms with Crippen LogP contribution in [-0.2, 0) is 11.3 Å². The number of carbonyl (C=O) groups is 1. The predicted molar refractivity (Wildman–Crippen MR) is 93.6 cm³/mol. The van der Waals surface area contributed by atoms with E-state index in [4.69, 9.17) is 4.52 Å². The summed E-state index contributed by atoms with van der Waals surface area (Å²) in [6, 6.07) is 0. The molecule has 0 bridgehead atoms. The quantitative estimate of drug-likeness (QED) is 0.751. The highest BCUT2D eigenvalue weighted by Gasteiger charge is 2.53. The van der Waals surface area contributed by atoms with Crippen molar-refractivity contribution in [1.82, 2.24) is 15.0 Å². The lowest BCUT2D eigenvalue weighted by atomic mass is 9.72. The third kappa shape index (κ3) is 3.10. The van der Waals surface area contributed by atoms with Gasteiger partial charge in [-0.3, -0.25) is 4.79 Å². The van der Waals surface area contributed by atoms with Crippen LogP contribution in [0.25, 0.3) is 0 Å². The van der Waals surface area contributed by atoms with Gasteiger partial charge >= 0.3 is 0 Å². The van der Waals surface area contributed by atoms with Crippen molar-refractivity contribution in [3.63, 3.8) is 0 Å². The highest BCUT2D eigenvalue weighted by molar-refractivity contribution is 5.89. The molecule has 5 heteroatoms. The average molecular weight is 333 g/mol. The molecule has 2 aliphatic heterocycles. The van der Waals surface area contributed by atoms with Crippen molar-refractivity contribution < 1.29 is 9.32 Å². The molecular weight excluding hydrogens is 302 g/mol. The maximum Gasteiger partial charge on any atom is 0.232 e. The lowest BCUT2D eigenvalue weighted by molar-refractivity contribution is -0.167. The van der Waals surface area contributed by atoms with E-state index in [0.29, 0.717) is 12.5 Å². The van der Waals surface area contributed by atoms with Gasteiger partial charge in [-0.25, -0.2) is 0 Å². The molecule has 1 amide bonds. The summed E-state index contributed by atoms with van der Waals surface area (Å²) in [5, 5.41) is 4.00. The highest BCUT2D eigenvalue weighted by atomic mass is 16.5. The number of β-lactam (4-membered cyclic amide) rings is 1. The Morgan fingerprint density at radius 3 is 2.58 bits per heavy atom. The van der Waals surface area contributed by atoms with Gasteiger partial charge in [0.05, 0.1) is 17.7 Å². The van der Waals surface area contributed by atoms with Crippen LogP contribution in [0.4, 0.5) is 0 Å². The third-order valence-corrected chi connectivity index (χ3v) is 6.09. The molecule has 5 nitrogen and oxygen atoms in total. The number of piperidine rings is 1. The first-order chi connectivity index (χ1) is 11.5. The van der Waals surface area contributed by atoms with Gasteiger partial charge in [0.25, 0.3) is 0 Å². The van der Waals surface area contributed by atoms with Gasteiger partial charge < -0.3 is 14.3 Å². The van der Waals surface area contributed by atoms with E-state index < -0.39 is 0 Å². The Balaban J connectivity index is 1.61. The Morgan fingerprint density at radius 2 is 2.00 bits per heavy atom. The molecule has 1 atom stereocenters. The maximum atomic E-state index is 12.9. The Labute approximate surface area is 145 Å². The first-order valence-electron chi connectivity index (χ1n) is 9.42. The lowest BCUT2D eigenvalue weighted by Gasteiger charge is -2.53. The molecule has 3 heterocycles. The molecule has 2 saturated heterocycles. The lowest BCUT2D eigenvalue weighted by Crippen LogP contribution is -2.66. The number of aryl methyl sites for hydroxylation is 2. The molecule has 0 N–H and O–H groups in total. The van der Waals surface area contributed by atoms with Crippen LogP contribution < -0.4 is 0 Å². The first kappa shape index (κ1) is 17.5. The van der Waals surface area contributed by atoms with Crippen molar-refractivity contribution in [3.05, 3.63) is 17.0 Å². The summed E-state index contributed by atoms with van der Waals surface area (Å²) in [5.74, 6) is 1.92. The molecule has 1 aromatic rings. The van der Waals surface area contributed by atoms with Crippen LogP contribution in [0, 0.1) is 25.2 Å². The summed E-state index contributed by atoms with van der Waals surface area (Å²) < 4.78 is 5.23. The van der Waals surface area contributed by atoms with Crippen LogP contribution in [0.3, 0.4) is 0 Å². The van der Waals surface area contributed by atoms with Gasteiger partial charge in [-0.1, -0.05) is 31.8 Å². The summed E-state index contributed by atoms with van der Waals surface area (Å²) >= 11 is 0. The van der Waals surface area contributed by atoms with Crippen molar-refractivity contribution in [1.29, 1.82) is 0 Å². The van der Waals surface area contributed by atoms with Crippen LogP contribution >= 0.6 is 0 Å². The number of nitrogens with zero attached hydrogens (tertiary/aromatic N) is 3. The fourth-order valence-electron chi connectivity index (χ4n) is 4.39. The normalized spacial score (nSPS) is 24.9. The van der Waals surface area contributed by atoms with Crippen molar-refractivity contribution >= 4 is 5.91 Å². The summed E-state index contributed by atoms with van der Waals surface area (Å²) in [6.07, 6.45) is 4.65. The van der Waals surface area contributed by atoms with Gasteiger partial charge in [0, 0.05) is 25.2 Å². The zero-order valence-corrected chi connectivity index (χ0v) is 15.6. The van der Waals surface area contributed by atoms with E-state index >= 15 is 0 Å². The summed E-state index contributed by atoms with van der Waals surface area (Å²) in [5.41, 5.74) is 1.85. The van der Waals surface area contributed by atoms with Crippen LogP contribution in [0.15, 0.2) is 4.52 Å². The largest absolute Gasteiger partial charge is 0.361 e. The zero-order chi connectivity index (χ0) is 17.3. The summed E-state index contributed by atoms with van der Waals surface area (Å²) in [6.45, 7) is 13.2. The van der Waals surface area contributed by atoms with Gasteiger partial charge in [-0.2, -0.15) is 0 Å². The number of hydrogen-bond donors (Lipinski definition) is 0. The molecule has 134 valence electrons. The molecule has 3 rings (SSSR count). The van der Waals surface area contributed by atoms with E-state index in [2.05, 4.69) is 23.9 Å². The standard InChI is InChI=1S/C19H31N3O2/c1-5-16(6-2)10-21-9-7-8-19(12-21)13-22(18(19)23)11-17-14(3)20-24-15(17)4/h16H,5-13H2,1-4H3/t19-/m0/s1. The first-order valence-corrected chi connectivity index (χ1v) is 9.42. The molecular formula is C19H31N3O2. The van der Waals surface area contributed by atoms with E-state index in [0.717, 1.165) is 62.0 Å². The van der Waals surface area contributed by atoms with Crippen molar-refractivity contribution in [2.75, 3.05) is 26.2 Å². The van der Waals surface area contributed by atoms with Gasteiger partial charge in [-0.15, -0.1) is 0 Å². The average Bonchev–Trinajstić information content (AvgIpc) is 2.91. The fraction of sp³-hybridized carbons (Fsp3) is 0.789. The number of likely N-dealkylation sites (tertiary alicyclic amines) is 2. The van der Waals surface area contributed by atoms with Crippen molar-refractivity contribution in [2.24, 2.45) is 11.3 Å². The summed E-state index contributed by atoms with van der Waals surface area (Å²) in [7, 11) is 0. The number of hydrogen-bond acceptors (Lipinski definition) is 4. The van der Waals surface area contributed by atoms with Crippen molar-refractivity contribution in [3.8, 4) is 0 Å². The number of carbonyl (C=O) groups excluding carboxylic acids is 1. The molecule has 24 heavy (non-hydrogen) atoms. The minimum atomic E-state index is -0.122. The van der Waals surface area contributed by atoms with E-state index in [1.54, 1.807) is 0 Å². The second kappa shape index (κ2) is 6.87. The van der Waals surface area contributed by atoms with Crippen LogP contribution in [-0.4, -0.2) is 47.0 Å². The molecule has 2 aliphatic rings. The van der Waals surface area contributed by atoms with Crippen LogP contribution in [0.1, 0.15) is 56.5 Å². The number of rotatable bonds is 6. The molecule has 2 fully saturated rings. The number of aromatic nitrogens is 1. The molecule has 1 spiro atoms. The van der Waals surface area contributed by atoms with Gasteiger partial charge in [0.2, 0.25) is 5.91 Å².